The summed E-state index contributed by atoms with van der Waals surface area (Å²) >= 11 is 3.39. The number of carbonyl (C=O) groups is 2. The minimum atomic E-state index is -0.322. The quantitative estimate of drug-likeness (QED) is 0.443. The molecule has 3 aromatic rings. The molecule has 5 nitrogen and oxygen atoms in total. The van der Waals surface area contributed by atoms with Crippen LogP contribution in [0.1, 0.15) is 33.2 Å². The van der Waals surface area contributed by atoms with Crippen molar-refractivity contribution in [3.05, 3.63) is 100 Å². The van der Waals surface area contributed by atoms with E-state index in [2.05, 4.69) is 31.8 Å². The molecule has 0 aliphatic heterocycles. The van der Waals surface area contributed by atoms with E-state index < -0.39 is 0 Å². The fraction of sp³-hybridized carbons (Fsp3) is 0.0455. The SMILES string of the molecule is C/C(=N\NC(=O)c1ccc(NC(=O)c2ccccc2)cc1)c1ccc(Br)cc1. The smallest absolute Gasteiger partial charge is 0.271 e. The Morgan fingerprint density at radius 1 is 0.750 bits per heavy atom. The lowest BCUT2D eigenvalue weighted by atomic mass is 10.1. The summed E-state index contributed by atoms with van der Waals surface area (Å²) in [6.45, 7) is 1.83. The maximum Gasteiger partial charge on any atom is 0.271 e. The number of nitrogens with zero attached hydrogens (tertiary/aromatic N) is 1. The van der Waals surface area contributed by atoms with Crippen molar-refractivity contribution >= 4 is 39.1 Å². The second kappa shape index (κ2) is 9.10. The summed E-state index contributed by atoms with van der Waals surface area (Å²) in [5.41, 5.74) is 5.80. The largest absolute Gasteiger partial charge is 0.322 e. The van der Waals surface area contributed by atoms with Crippen molar-refractivity contribution < 1.29 is 9.59 Å². The van der Waals surface area contributed by atoms with E-state index >= 15 is 0 Å². The van der Waals surface area contributed by atoms with E-state index in [0.29, 0.717) is 22.5 Å². The Labute approximate surface area is 171 Å². The normalized spacial score (nSPS) is 11.0. The van der Waals surface area contributed by atoms with Crippen LogP contribution in [-0.2, 0) is 0 Å². The third-order valence-electron chi connectivity index (χ3n) is 4.03. The van der Waals surface area contributed by atoms with E-state index in [1.165, 1.54) is 0 Å². The molecule has 2 N–H and O–H groups in total. The van der Waals surface area contributed by atoms with Gasteiger partial charge in [0, 0.05) is 21.3 Å². The second-order valence-electron chi connectivity index (χ2n) is 6.04. The van der Waals surface area contributed by atoms with E-state index in [0.717, 1.165) is 10.0 Å². The van der Waals surface area contributed by atoms with Crippen LogP contribution in [-0.4, -0.2) is 17.5 Å². The van der Waals surface area contributed by atoms with E-state index in [1.54, 1.807) is 48.5 Å². The summed E-state index contributed by atoms with van der Waals surface area (Å²) in [6.07, 6.45) is 0. The van der Waals surface area contributed by atoms with Crippen molar-refractivity contribution in [3.63, 3.8) is 0 Å². The first-order chi connectivity index (χ1) is 13.5. The Bertz CT molecular complexity index is 998. The van der Waals surface area contributed by atoms with Crippen molar-refractivity contribution in [3.8, 4) is 0 Å². The Hall–Kier alpha value is -3.25. The number of carbonyl (C=O) groups excluding carboxylic acids is 2. The molecule has 3 aromatic carbocycles. The van der Waals surface area contributed by atoms with Crippen molar-refractivity contribution in [2.24, 2.45) is 5.10 Å². The van der Waals surface area contributed by atoms with Gasteiger partial charge in [-0.15, -0.1) is 0 Å². The Kier molecular flexibility index (Phi) is 6.34. The standard InChI is InChI=1S/C22H18BrN3O2/c1-15(16-7-11-19(23)12-8-16)25-26-22(28)18-9-13-20(14-10-18)24-21(27)17-5-3-2-4-6-17/h2-14H,1H3,(H,24,27)(H,26,28)/b25-15+. The number of rotatable bonds is 5. The number of nitrogens with one attached hydrogen (secondary N) is 2. The predicted octanol–water partition coefficient (Wildman–Crippen LogP) is 4.86. The lowest BCUT2D eigenvalue weighted by Gasteiger charge is -2.07. The first kappa shape index (κ1) is 19.5. The molecule has 0 saturated heterocycles. The average Bonchev–Trinajstić information content (AvgIpc) is 2.73. The minimum Gasteiger partial charge on any atom is -0.322 e. The van der Waals surface area contributed by atoms with Gasteiger partial charge in [0.15, 0.2) is 0 Å². The van der Waals surface area contributed by atoms with Crippen molar-refractivity contribution in [2.75, 3.05) is 5.32 Å². The van der Waals surface area contributed by atoms with Gasteiger partial charge < -0.3 is 5.32 Å². The number of hydrogen-bond donors (Lipinski definition) is 2. The van der Waals surface area contributed by atoms with E-state index in [9.17, 15) is 9.59 Å². The monoisotopic (exact) mass is 435 g/mol. The summed E-state index contributed by atoms with van der Waals surface area (Å²) in [4.78, 5) is 24.4. The molecule has 0 bridgehead atoms. The summed E-state index contributed by atoms with van der Waals surface area (Å²) in [5, 5.41) is 6.94. The molecule has 0 radical (unpaired) electrons. The van der Waals surface area contributed by atoms with Crippen molar-refractivity contribution in [1.29, 1.82) is 0 Å². The van der Waals surface area contributed by atoms with Gasteiger partial charge in [0.1, 0.15) is 0 Å². The van der Waals surface area contributed by atoms with Gasteiger partial charge >= 0.3 is 0 Å². The summed E-state index contributed by atoms with van der Waals surface area (Å²) in [6, 6.07) is 23.2. The summed E-state index contributed by atoms with van der Waals surface area (Å²) in [7, 11) is 0. The van der Waals surface area contributed by atoms with Gasteiger partial charge in [0.2, 0.25) is 0 Å². The lowest BCUT2D eigenvalue weighted by Crippen LogP contribution is -2.19. The number of hydrazone groups is 1. The summed E-state index contributed by atoms with van der Waals surface area (Å²) in [5.74, 6) is -0.523. The zero-order valence-electron chi connectivity index (χ0n) is 15.1. The van der Waals surface area contributed by atoms with Crippen molar-refractivity contribution in [2.45, 2.75) is 6.92 Å². The molecule has 0 atom stereocenters. The second-order valence-corrected chi connectivity index (χ2v) is 6.96. The number of benzene rings is 3. The first-order valence-corrected chi connectivity index (χ1v) is 9.39. The van der Waals surface area contributed by atoms with Gasteiger partial charge in [-0.05, 0) is 61.0 Å². The molecule has 0 aromatic heterocycles. The fourth-order valence-corrected chi connectivity index (χ4v) is 2.72. The molecule has 3 rings (SSSR count). The number of hydrogen-bond acceptors (Lipinski definition) is 3. The number of amides is 2. The topological polar surface area (TPSA) is 70.6 Å². The molecule has 140 valence electrons. The van der Waals surface area contributed by atoms with Crippen LogP contribution in [0.3, 0.4) is 0 Å². The molecule has 6 heteroatoms. The molecule has 0 heterocycles. The van der Waals surface area contributed by atoms with E-state index in [4.69, 9.17) is 0 Å². The molecule has 0 spiro atoms. The van der Waals surface area contributed by atoms with Gasteiger partial charge in [-0.1, -0.05) is 46.3 Å². The highest BCUT2D eigenvalue weighted by Crippen LogP contribution is 2.13. The third kappa shape index (κ3) is 5.14. The molecule has 0 unspecified atom stereocenters. The first-order valence-electron chi connectivity index (χ1n) is 8.60. The van der Waals surface area contributed by atoms with Crippen LogP contribution in [0.5, 0.6) is 0 Å². The van der Waals surface area contributed by atoms with Crippen molar-refractivity contribution in [1.82, 2.24) is 5.43 Å². The molecule has 28 heavy (non-hydrogen) atoms. The van der Waals surface area contributed by atoms with Crippen LogP contribution in [0.2, 0.25) is 0 Å². The zero-order chi connectivity index (χ0) is 19.9. The van der Waals surface area contributed by atoms with Crippen LogP contribution in [0, 0.1) is 0 Å². The molecule has 0 saturated carbocycles. The average molecular weight is 436 g/mol. The molecular formula is C22H18BrN3O2. The summed E-state index contributed by atoms with van der Waals surface area (Å²) < 4.78 is 0.979. The fourth-order valence-electron chi connectivity index (χ4n) is 2.45. The highest BCUT2D eigenvalue weighted by Gasteiger charge is 2.08. The molecule has 0 fully saturated rings. The van der Waals surface area contributed by atoms with Crippen LogP contribution >= 0.6 is 15.9 Å². The predicted molar refractivity (Wildman–Crippen MR) is 115 cm³/mol. The maximum absolute atomic E-state index is 12.3. The molecule has 0 aliphatic rings. The maximum atomic E-state index is 12.3. The lowest BCUT2D eigenvalue weighted by molar-refractivity contribution is 0.0954. The highest BCUT2D eigenvalue weighted by molar-refractivity contribution is 9.10. The Balaban J connectivity index is 1.61. The number of anilines is 1. The third-order valence-corrected chi connectivity index (χ3v) is 4.56. The van der Waals surface area contributed by atoms with Crippen LogP contribution in [0.25, 0.3) is 0 Å². The van der Waals surface area contributed by atoms with E-state index in [1.807, 2.05) is 37.3 Å². The van der Waals surface area contributed by atoms with Gasteiger partial charge in [-0.25, -0.2) is 5.43 Å². The Morgan fingerprint density at radius 3 is 1.96 bits per heavy atom. The number of halogens is 1. The van der Waals surface area contributed by atoms with Gasteiger partial charge in [-0.2, -0.15) is 5.10 Å². The van der Waals surface area contributed by atoms with Crippen LogP contribution in [0.15, 0.2) is 88.4 Å². The molecular weight excluding hydrogens is 418 g/mol. The molecule has 0 aliphatic carbocycles. The van der Waals surface area contributed by atoms with Crippen LogP contribution in [0.4, 0.5) is 5.69 Å². The minimum absolute atomic E-state index is 0.201. The highest BCUT2D eigenvalue weighted by atomic mass is 79.9. The van der Waals surface area contributed by atoms with E-state index in [-0.39, 0.29) is 11.8 Å². The zero-order valence-corrected chi connectivity index (χ0v) is 16.7. The van der Waals surface area contributed by atoms with Gasteiger partial charge in [0.25, 0.3) is 11.8 Å². The van der Waals surface area contributed by atoms with Gasteiger partial charge in [-0.3, -0.25) is 9.59 Å². The Morgan fingerprint density at radius 2 is 1.32 bits per heavy atom. The van der Waals surface area contributed by atoms with Gasteiger partial charge in [0.05, 0.1) is 5.71 Å². The van der Waals surface area contributed by atoms with Crippen LogP contribution < -0.4 is 10.7 Å². The molecule has 2 amide bonds.